The number of amides is 2. The van der Waals surface area contributed by atoms with Crippen LogP contribution in [0.2, 0.25) is 0 Å². The smallest absolute Gasteiger partial charge is 0.309 e. The van der Waals surface area contributed by atoms with Crippen LogP contribution in [0.5, 0.6) is 0 Å². The lowest BCUT2D eigenvalue weighted by atomic mass is 10.5. The average Bonchev–Trinajstić information content (AvgIpc) is 2.37. The Hall–Kier alpha value is -2.28. The summed E-state index contributed by atoms with van der Waals surface area (Å²) in [6, 6.07) is 0. The molecule has 0 aliphatic carbocycles. The van der Waals surface area contributed by atoms with E-state index in [1.807, 2.05) is 0 Å². The lowest BCUT2D eigenvalue weighted by molar-refractivity contribution is -0.325. The number of carboxylic acid groups (broad SMARTS) is 2. The van der Waals surface area contributed by atoms with Crippen molar-refractivity contribution in [3.63, 3.8) is 0 Å². The van der Waals surface area contributed by atoms with Gasteiger partial charge in [0.25, 0.3) is 0 Å². The van der Waals surface area contributed by atoms with Crippen LogP contribution >= 0.6 is 0 Å². The zero-order chi connectivity index (χ0) is 15.1. The van der Waals surface area contributed by atoms with Crippen molar-refractivity contribution < 1.29 is 51.8 Å². The summed E-state index contributed by atoms with van der Waals surface area (Å²) in [4.78, 5) is 40.9. The van der Waals surface area contributed by atoms with Gasteiger partial charge in [-0.2, -0.15) is 0 Å². The first-order valence-electron chi connectivity index (χ1n) is 4.80. The fourth-order valence-corrected chi connectivity index (χ4v) is 0.465. The van der Waals surface area contributed by atoms with Crippen LogP contribution in [0.4, 0.5) is 0 Å². The number of carboxylic acids is 2. The summed E-state index contributed by atoms with van der Waals surface area (Å²) in [6.07, 6.45) is 0. The number of carbonyl (C=O) groups is 4. The summed E-state index contributed by atoms with van der Waals surface area (Å²) in [5.41, 5.74) is 6.50. The molecule has 0 unspecified atom stereocenters. The number of nitrogens with one attached hydrogen (secondary N) is 2. The molecule has 0 saturated heterocycles. The summed E-state index contributed by atoms with van der Waals surface area (Å²) in [5.74, 6) is -5.64. The van der Waals surface area contributed by atoms with E-state index in [0.717, 1.165) is 0 Å². The molecule has 20 heavy (non-hydrogen) atoms. The van der Waals surface area contributed by atoms with Gasteiger partial charge in [0.2, 0.25) is 0 Å². The topological polar surface area (TPSA) is 257 Å². The van der Waals surface area contributed by atoms with Crippen molar-refractivity contribution in [1.29, 1.82) is 0 Å². The second-order valence-electron chi connectivity index (χ2n) is 2.11. The molecule has 0 rings (SSSR count). The first-order chi connectivity index (χ1) is 8.43. The van der Waals surface area contributed by atoms with Crippen LogP contribution in [-0.4, -0.2) is 61.9 Å². The van der Waals surface area contributed by atoms with E-state index in [9.17, 15) is 29.4 Å². The van der Waals surface area contributed by atoms with Crippen molar-refractivity contribution in [2.75, 3.05) is 27.2 Å². The first-order valence-corrected chi connectivity index (χ1v) is 4.80. The molecule has 12 N–H and O–H groups in total. The minimum absolute atomic E-state index is 0. The average molecular weight is 302 g/mol. The maximum absolute atomic E-state index is 10.6. The molecule has 0 radical (unpaired) electrons. The Bertz CT molecular complexity index is 256. The number of carbonyl (C=O) groups excluding carboxylic acids is 4. The number of aliphatic carboxylic acids is 2. The van der Waals surface area contributed by atoms with Gasteiger partial charge >= 0.3 is 11.8 Å². The number of hydrogen-bond donors (Lipinski definition) is 4. The van der Waals surface area contributed by atoms with Gasteiger partial charge in [0.15, 0.2) is 0 Å². The molecule has 0 aromatic heterocycles. The monoisotopic (exact) mass is 302 g/mol. The summed E-state index contributed by atoms with van der Waals surface area (Å²) in [6.45, 7) is -1.64. The Balaban J connectivity index is -0.000000114. The molecule has 0 aliphatic heterocycles. The van der Waals surface area contributed by atoms with Crippen molar-refractivity contribution in [3.8, 4) is 0 Å². The van der Waals surface area contributed by atoms with E-state index < -0.39 is 36.8 Å². The van der Waals surface area contributed by atoms with Gasteiger partial charge in [-0.15, -0.1) is 0 Å². The quantitative estimate of drug-likeness (QED) is 0.366. The molecule has 0 fully saturated rings. The van der Waals surface area contributed by atoms with Crippen LogP contribution in [-0.2, 0) is 19.2 Å². The van der Waals surface area contributed by atoms with E-state index in [1.165, 1.54) is 0 Å². The van der Waals surface area contributed by atoms with Gasteiger partial charge in [-0.1, -0.05) is 0 Å². The molecule has 12 nitrogen and oxygen atoms in total. The standard InChI is InChI=1S/C6H8N2O6.2CH5N.2H2O/c9-3(10)1-7-5(13)6(14)8-2-4(11)12;2*1-2;;/h1-2H2,(H,7,13)(H,8,14)(H,9,10)(H,11,12);2*2H2,1H3;2*1H2. The van der Waals surface area contributed by atoms with Crippen LogP contribution in [0, 0.1) is 0 Å². The predicted octanol–water partition coefficient (Wildman–Crippen LogP) is -9.21. The van der Waals surface area contributed by atoms with Crippen molar-refractivity contribution in [3.05, 3.63) is 0 Å². The number of rotatable bonds is 4. The molecule has 2 amide bonds. The normalized spacial score (nSPS) is 6.80. The van der Waals surface area contributed by atoms with Gasteiger partial charge in [0.1, 0.15) is 0 Å². The summed E-state index contributed by atoms with van der Waals surface area (Å²) < 4.78 is 0. The van der Waals surface area contributed by atoms with Gasteiger partial charge in [-0.25, -0.2) is 0 Å². The third-order valence-corrected chi connectivity index (χ3v) is 0.993. The van der Waals surface area contributed by atoms with Crippen molar-refractivity contribution in [2.24, 2.45) is 0 Å². The van der Waals surface area contributed by atoms with E-state index in [2.05, 4.69) is 11.5 Å². The lowest BCUT2D eigenvalue weighted by Crippen LogP contribution is -2.47. The zero-order valence-corrected chi connectivity index (χ0v) is 11.3. The SMILES string of the molecule is C[NH3+].C[NH3+].O.O.O=C([O-])CNC(=O)C(=O)NCC(=O)[O-]. The van der Waals surface area contributed by atoms with Gasteiger partial charge in [0, 0.05) is 0 Å². The minimum atomic E-state index is -1.56. The summed E-state index contributed by atoms with van der Waals surface area (Å²) >= 11 is 0. The summed E-state index contributed by atoms with van der Waals surface area (Å²) in [7, 11) is 3.50. The minimum Gasteiger partial charge on any atom is -0.548 e. The molecule has 0 aromatic rings. The Kier molecular flexibility index (Phi) is 33.6. The Morgan fingerprint density at radius 3 is 1.10 bits per heavy atom. The van der Waals surface area contributed by atoms with Crippen LogP contribution in [0.1, 0.15) is 0 Å². The van der Waals surface area contributed by atoms with Crippen molar-refractivity contribution in [2.45, 2.75) is 0 Å². The molecular weight excluding hydrogens is 280 g/mol. The maximum atomic E-state index is 10.6. The largest absolute Gasteiger partial charge is 0.548 e. The van der Waals surface area contributed by atoms with Crippen LogP contribution in [0.15, 0.2) is 0 Å². The fraction of sp³-hybridized carbons (Fsp3) is 0.500. The lowest BCUT2D eigenvalue weighted by Gasteiger charge is -2.06. The van der Waals surface area contributed by atoms with Gasteiger partial charge < -0.3 is 52.9 Å². The highest BCUT2D eigenvalue weighted by Gasteiger charge is 2.11. The Morgan fingerprint density at radius 2 is 0.950 bits per heavy atom. The molecule has 0 aromatic carbocycles. The molecule has 12 heteroatoms. The summed E-state index contributed by atoms with van der Waals surface area (Å²) in [5, 5.41) is 23.0. The first kappa shape index (κ1) is 30.6. The highest BCUT2D eigenvalue weighted by Crippen LogP contribution is 1.68. The molecule has 0 saturated carbocycles. The number of quaternary nitrogens is 2. The van der Waals surface area contributed by atoms with E-state index in [4.69, 9.17) is 0 Å². The van der Waals surface area contributed by atoms with Gasteiger partial charge in [-0.05, 0) is 0 Å². The molecular formula is C8H22N4O8. The van der Waals surface area contributed by atoms with E-state index in [0.29, 0.717) is 0 Å². The maximum Gasteiger partial charge on any atom is 0.309 e. The Labute approximate surface area is 114 Å². The number of hydrogen-bond acceptors (Lipinski definition) is 6. The third-order valence-electron chi connectivity index (χ3n) is 0.993. The zero-order valence-electron chi connectivity index (χ0n) is 11.3. The van der Waals surface area contributed by atoms with Gasteiger partial charge in [0.05, 0.1) is 39.1 Å². The Morgan fingerprint density at radius 1 is 0.750 bits per heavy atom. The van der Waals surface area contributed by atoms with Crippen molar-refractivity contribution >= 4 is 23.8 Å². The van der Waals surface area contributed by atoms with Crippen LogP contribution in [0.25, 0.3) is 0 Å². The third kappa shape index (κ3) is 24.8. The van der Waals surface area contributed by atoms with E-state index in [1.54, 1.807) is 24.7 Å². The van der Waals surface area contributed by atoms with Crippen molar-refractivity contribution in [1.82, 2.24) is 10.6 Å². The molecule has 122 valence electrons. The van der Waals surface area contributed by atoms with Gasteiger partial charge in [-0.3, -0.25) is 9.59 Å². The second kappa shape index (κ2) is 21.9. The molecule has 0 aliphatic rings. The predicted molar refractivity (Wildman–Crippen MR) is 60.9 cm³/mol. The second-order valence-corrected chi connectivity index (χ2v) is 2.11. The molecule has 0 atom stereocenters. The molecule has 0 heterocycles. The molecule has 0 bridgehead atoms. The van der Waals surface area contributed by atoms with E-state index in [-0.39, 0.29) is 11.0 Å². The fourth-order valence-electron chi connectivity index (χ4n) is 0.465. The van der Waals surface area contributed by atoms with E-state index >= 15 is 0 Å². The highest BCUT2D eigenvalue weighted by molar-refractivity contribution is 6.35. The van der Waals surface area contributed by atoms with Crippen LogP contribution < -0.4 is 32.3 Å². The highest BCUT2D eigenvalue weighted by atomic mass is 16.4. The van der Waals surface area contributed by atoms with Crippen LogP contribution in [0.3, 0.4) is 0 Å². The molecule has 0 spiro atoms.